The number of fused-ring (bicyclic) bond motifs is 1. The summed E-state index contributed by atoms with van der Waals surface area (Å²) >= 11 is 0. The summed E-state index contributed by atoms with van der Waals surface area (Å²) in [5.41, 5.74) is 2.12. The molecule has 0 unspecified atom stereocenters. The molecule has 6 nitrogen and oxygen atoms in total. The van der Waals surface area contributed by atoms with Gasteiger partial charge in [0, 0.05) is 36.7 Å². The highest BCUT2D eigenvalue weighted by atomic mass is 16.2. The summed E-state index contributed by atoms with van der Waals surface area (Å²) in [6.45, 7) is 6.05. The molecule has 0 bridgehead atoms. The Hall–Kier alpha value is -2.50. The second kappa shape index (κ2) is 7.17. The fourth-order valence-electron chi connectivity index (χ4n) is 3.58. The van der Waals surface area contributed by atoms with Crippen LogP contribution >= 0.6 is 0 Å². The lowest BCUT2D eigenvalue weighted by atomic mass is 9.97. The van der Waals surface area contributed by atoms with Gasteiger partial charge in [0.05, 0.1) is 0 Å². The maximum atomic E-state index is 12.6. The number of amides is 3. The van der Waals surface area contributed by atoms with E-state index in [0.29, 0.717) is 17.5 Å². The van der Waals surface area contributed by atoms with E-state index in [-0.39, 0.29) is 11.9 Å². The number of benzene rings is 1. The Morgan fingerprint density at radius 3 is 2.76 bits per heavy atom. The minimum Gasteiger partial charge on any atom is -0.354 e. The fraction of sp³-hybridized carbons (Fsp3) is 0.474. The van der Waals surface area contributed by atoms with Gasteiger partial charge in [-0.05, 0) is 48.9 Å². The summed E-state index contributed by atoms with van der Waals surface area (Å²) in [5, 5.41) is 6.49. The summed E-state index contributed by atoms with van der Waals surface area (Å²) < 4.78 is 0. The summed E-state index contributed by atoms with van der Waals surface area (Å²) in [4.78, 5) is 29.3. The molecule has 1 saturated heterocycles. The largest absolute Gasteiger partial charge is 0.354 e. The van der Waals surface area contributed by atoms with Gasteiger partial charge >= 0.3 is 6.03 Å². The van der Waals surface area contributed by atoms with Crippen LogP contribution in [0.3, 0.4) is 0 Å². The Morgan fingerprint density at radius 1 is 1.20 bits per heavy atom. The maximum absolute atomic E-state index is 12.6. The normalized spacial score (nSPS) is 21.0. The molecule has 1 aliphatic heterocycles. The lowest BCUT2D eigenvalue weighted by Crippen LogP contribution is -2.37. The Bertz CT molecular complexity index is 783. The molecule has 3 rings (SSSR count). The second-order valence-electron chi connectivity index (χ2n) is 7.18. The molecule has 1 aromatic heterocycles. The molecule has 6 heteroatoms. The third-order valence-electron chi connectivity index (χ3n) is 4.86. The highest BCUT2D eigenvalue weighted by molar-refractivity contribution is 5.99. The van der Waals surface area contributed by atoms with E-state index in [1.165, 1.54) is 6.42 Å². The van der Waals surface area contributed by atoms with Crippen LogP contribution in [-0.4, -0.2) is 42.0 Å². The molecule has 2 aromatic rings. The van der Waals surface area contributed by atoms with Crippen molar-refractivity contribution in [2.45, 2.75) is 26.7 Å². The molecule has 134 valence electrons. The number of aromatic amines is 1. The van der Waals surface area contributed by atoms with Crippen LogP contribution in [-0.2, 0) is 0 Å². The van der Waals surface area contributed by atoms with Gasteiger partial charge in [-0.3, -0.25) is 4.79 Å². The number of carbonyl (C=O) groups excluding carboxylic acids is 2. The number of urea groups is 1. The predicted molar refractivity (Wildman–Crippen MR) is 99.8 cm³/mol. The predicted octanol–water partition coefficient (Wildman–Crippen LogP) is 3.43. The molecule has 1 fully saturated rings. The van der Waals surface area contributed by atoms with Crippen molar-refractivity contribution in [2.75, 3.05) is 25.5 Å². The van der Waals surface area contributed by atoms with Gasteiger partial charge in [-0.1, -0.05) is 13.8 Å². The van der Waals surface area contributed by atoms with Crippen LogP contribution in [0, 0.1) is 11.8 Å². The smallest absolute Gasteiger partial charge is 0.321 e. The SMILES string of the molecule is CNC(=O)c1cc2cc(NC(=O)N3CC[C@H](C)C[C@H](C)C3)ccc2[nH]1. The number of anilines is 1. The van der Waals surface area contributed by atoms with Crippen LogP contribution in [0.15, 0.2) is 24.3 Å². The number of aromatic nitrogens is 1. The maximum Gasteiger partial charge on any atom is 0.321 e. The molecule has 0 radical (unpaired) electrons. The van der Waals surface area contributed by atoms with E-state index in [9.17, 15) is 9.59 Å². The van der Waals surface area contributed by atoms with Crippen molar-refractivity contribution in [3.63, 3.8) is 0 Å². The highest BCUT2D eigenvalue weighted by Crippen LogP contribution is 2.23. The van der Waals surface area contributed by atoms with Crippen molar-refractivity contribution in [1.82, 2.24) is 15.2 Å². The van der Waals surface area contributed by atoms with Gasteiger partial charge in [-0.15, -0.1) is 0 Å². The molecular formula is C19H26N4O2. The minimum atomic E-state index is -0.158. The molecule has 2 heterocycles. The number of hydrogen-bond acceptors (Lipinski definition) is 2. The number of nitrogens with one attached hydrogen (secondary N) is 3. The first-order valence-electron chi connectivity index (χ1n) is 8.87. The van der Waals surface area contributed by atoms with Crippen molar-refractivity contribution >= 4 is 28.5 Å². The number of carbonyl (C=O) groups is 2. The standard InChI is InChI=1S/C19H26N4O2/c1-12-6-7-23(11-13(2)8-12)19(25)21-15-4-5-16-14(9-15)10-17(22-16)18(24)20-3/h4-5,9-10,12-13,22H,6-8,11H2,1-3H3,(H,20,24)(H,21,25)/t12-,13-/m0/s1. The molecule has 3 N–H and O–H groups in total. The van der Waals surface area contributed by atoms with E-state index in [2.05, 4.69) is 29.5 Å². The quantitative estimate of drug-likeness (QED) is 0.782. The molecule has 3 amide bonds. The fourth-order valence-corrected chi connectivity index (χ4v) is 3.58. The number of likely N-dealkylation sites (tertiary alicyclic amines) is 1. The summed E-state index contributed by atoms with van der Waals surface area (Å²) in [7, 11) is 1.60. The van der Waals surface area contributed by atoms with Gasteiger partial charge in [0.15, 0.2) is 0 Å². The van der Waals surface area contributed by atoms with Gasteiger partial charge in [0.2, 0.25) is 0 Å². The van der Waals surface area contributed by atoms with Crippen LogP contribution in [0.1, 0.15) is 37.2 Å². The first-order valence-corrected chi connectivity index (χ1v) is 8.87. The molecular weight excluding hydrogens is 316 g/mol. The van der Waals surface area contributed by atoms with Crippen LogP contribution in [0.25, 0.3) is 10.9 Å². The zero-order chi connectivity index (χ0) is 18.0. The van der Waals surface area contributed by atoms with Crippen LogP contribution < -0.4 is 10.6 Å². The molecule has 0 spiro atoms. The molecule has 0 saturated carbocycles. The third-order valence-corrected chi connectivity index (χ3v) is 4.86. The van der Waals surface area contributed by atoms with Gasteiger partial charge in [0.1, 0.15) is 5.69 Å². The lowest BCUT2D eigenvalue weighted by molar-refractivity contribution is 0.0959. The van der Waals surface area contributed by atoms with Crippen LogP contribution in [0.5, 0.6) is 0 Å². The van der Waals surface area contributed by atoms with Crippen LogP contribution in [0.4, 0.5) is 10.5 Å². The first-order chi connectivity index (χ1) is 12.0. The Kier molecular flexibility index (Phi) is 4.97. The number of H-pyrrole nitrogens is 1. The van der Waals surface area contributed by atoms with Crippen molar-refractivity contribution in [1.29, 1.82) is 0 Å². The van der Waals surface area contributed by atoms with Gasteiger partial charge < -0.3 is 20.5 Å². The topological polar surface area (TPSA) is 77.2 Å². The van der Waals surface area contributed by atoms with Crippen molar-refractivity contribution < 1.29 is 9.59 Å². The van der Waals surface area contributed by atoms with Gasteiger partial charge in [-0.2, -0.15) is 0 Å². The Morgan fingerprint density at radius 2 is 2.00 bits per heavy atom. The molecule has 1 aliphatic rings. The Balaban J connectivity index is 1.73. The van der Waals surface area contributed by atoms with Gasteiger partial charge in [0.25, 0.3) is 5.91 Å². The number of hydrogen-bond donors (Lipinski definition) is 3. The molecule has 2 atom stereocenters. The summed E-state index contributed by atoms with van der Waals surface area (Å²) in [6, 6.07) is 7.36. The summed E-state index contributed by atoms with van der Waals surface area (Å²) in [5.74, 6) is 1.02. The van der Waals surface area contributed by atoms with E-state index in [1.807, 2.05) is 23.1 Å². The zero-order valence-electron chi connectivity index (χ0n) is 15.1. The van der Waals surface area contributed by atoms with E-state index in [1.54, 1.807) is 13.1 Å². The van der Waals surface area contributed by atoms with Crippen LogP contribution in [0.2, 0.25) is 0 Å². The monoisotopic (exact) mass is 342 g/mol. The van der Waals surface area contributed by atoms with E-state index in [0.717, 1.165) is 36.1 Å². The number of nitrogens with zero attached hydrogens (tertiary/aromatic N) is 1. The van der Waals surface area contributed by atoms with E-state index >= 15 is 0 Å². The molecule has 25 heavy (non-hydrogen) atoms. The minimum absolute atomic E-state index is 0.0534. The average Bonchev–Trinajstić information content (AvgIpc) is 2.92. The first kappa shape index (κ1) is 17.3. The average molecular weight is 342 g/mol. The zero-order valence-corrected chi connectivity index (χ0v) is 15.1. The van der Waals surface area contributed by atoms with E-state index in [4.69, 9.17) is 0 Å². The van der Waals surface area contributed by atoms with E-state index < -0.39 is 0 Å². The van der Waals surface area contributed by atoms with Crippen molar-refractivity contribution in [2.24, 2.45) is 11.8 Å². The van der Waals surface area contributed by atoms with Crippen molar-refractivity contribution in [3.8, 4) is 0 Å². The van der Waals surface area contributed by atoms with Gasteiger partial charge in [-0.25, -0.2) is 4.79 Å². The second-order valence-corrected chi connectivity index (χ2v) is 7.18. The highest BCUT2D eigenvalue weighted by Gasteiger charge is 2.22. The van der Waals surface area contributed by atoms with Crippen molar-refractivity contribution in [3.05, 3.63) is 30.0 Å². The molecule has 0 aliphatic carbocycles. The molecule has 1 aromatic carbocycles. The summed E-state index contributed by atoms with van der Waals surface area (Å²) in [6.07, 6.45) is 2.21. The lowest BCUT2D eigenvalue weighted by Gasteiger charge is -2.23. The number of rotatable bonds is 2. The third kappa shape index (κ3) is 3.95. The Labute approximate surface area is 148 Å².